The van der Waals surface area contributed by atoms with Gasteiger partial charge < -0.3 is 14.5 Å². The van der Waals surface area contributed by atoms with E-state index >= 15 is 0 Å². The fourth-order valence-electron chi connectivity index (χ4n) is 3.74. The van der Waals surface area contributed by atoms with E-state index in [1.807, 2.05) is 11.8 Å². The van der Waals surface area contributed by atoms with E-state index in [-0.39, 0.29) is 28.9 Å². The first-order chi connectivity index (χ1) is 15.7. The molecular weight excluding hydrogens is 453 g/mol. The number of piperazine rings is 1. The molecule has 1 aliphatic heterocycles. The minimum Gasteiger partial charge on any atom is -0.465 e. The van der Waals surface area contributed by atoms with E-state index in [0.29, 0.717) is 19.6 Å². The van der Waals surface area contributed by atoms with Crippen molar-refractivity contribution in [2.75, 3.05) is 36.9 Å². The van der Waals surface area contributed by atoms with Gasteiger partial charge >= 0.3 is 5.97 Å². The summed E-state index contributed by atoms with van der Waals surface area (Å²) < 4.78 is 30.8. The molecule has 1 saturated heterocycles. The summed E-state index contributed by atoms with van der Waals surface area (Å²) in [7, 11) is -1.99. The van der Waals surface area contributed by atoms with Crippen molar-refractivity contribution >= 4 is 34.1 Å². The van der Waals surface area contributed by atoms with Gasteiger partial charge in [-0.3, -0.25) is 23.9 Å². The predicted molar refractivity (Wildman–Crippen MR) is 120 cm³/mol. The van der Waals surface area contributed by atoms with Crippen molar-refractivity contribution in [2.45, 2.75) is 24.8 Å². The van der Waals surface area contributed by atoms with Gasteiger partial charge in [-0.25, -0.2) is 4.39 Å². The second kappa shape index (κ2) is 10.5. The monoisotopic (exact) mass is 477 g/mol. The Kier molecular flexibility index (Phi) is 7.75. The lowest BCUT2D eigenvalue weighted by atomic mass is 10.1. The molecule has 33 heavy (non-hydrogen) atoms. The molecule has 1 fully saturated rings. The highest BCUT2D eigenvalue weighted by Gasteiger charge is 2.30. The van der Waals surface area contributed by atoms with Crippen molar-refractivity contribution < 1.29 is 27.8 Å². The number of hydrogen-bond donors (Lipinski definition) is 0. The normalized spacial score (nSPS) is 16.9. The number of anilines is 1. The number of nitrogens with zero attached hydrogens (tertiary/aromatic N) is 3. The lowest BCUT2D eigenvalue weighted by Gasteiger charge is -2.41. The summed E-state index contributed by atoms with van der Waals surface area (Å²) in [6.07, 6.45) is 0. The third-order valence-electron chi connectivity index (χ3n) is 5.26. The van der Waals surface area contributed by atoms with Crippen LogP contribution >= 0.6 is 0 Å². The highest BCUT2D eigenvalue weighted by molar-refractivity contribution is 7.85. The van der Waals surface area contributed by atoms with Gasteiger partial charge in [-0.1, -0.05) is 6.07 Å². The number of nitro groups is 1. The average Bonchev–Trinajstić information content (AvgIpc) is 2.78. The van der Waals surface area contributed by atoms with E-state index in [0.717, 1.165) is 11.8 Å². The highest BCUT2D eigenvalue weighted by atomic mass is 32.2. The maximum atomic E-state index is 13.6. The molecule has 0 bridgehead atoms. The van der Waals surface area contributed by atoms with Gasteiger partial charge in [0, 0.05) is 43.0 Å². The molecule has 0 saturated carbocycles. The summed E-state index contributed by atoms with van der Waals surface area (Å²) in [5.74, 6) is -1.98. The fourth-order valence-corrected chi connectivity index (χ4v) is 4.78. The van der Waals surface area contributed by atoms with Crippen molar-refractivity contribution in [3.05, 3.63) is 64.0 Å². The Morgan fingerprint density at radius 3 is 2.64 bits per heavy atom. The molecule has 2 atom stereocenters. The first-order valence-electron chi connectivity index (χ1n) is 10.3. The minimum absolute atomic E-state index is 0.0880. The number of esters is 1. The molecular formula is C22H24FN3O6S. The van der Waals surface area contributed by atoms with Crippen LogP contribution in [0.25, 0.3) is 0 Å². The SMILES string of the molecule is CCOC(=O)CS(=O)c1ccc(C(=O)N2CCN(c3cccc(F)c3)C(C)C2)cc1[N+](=O)[O-]. The molecule has 0 radical (unpaired) electrons. The summed E-state index contributed by atoms with van der Waals surface area (Å²) in [5.41, 5.74) is 0.318. The average molecular weight is 478 g/mol. The number of benzene rings is 2. The van der Waals surface area contributed by atoms with E-state index in [1.165, 1.54) is 24.3 Å². The van der Waals surface area contributed by atoms with E-state index in [1.54, 1.807) is 24.0 Å². The molecule has 0 N–H and O–H groups in total. The first-order valence-corrected chi connectivity index (χ1v) is 11.7. The quantitative estimate of drug-likeness (QED) is 0.343. The van der Waals surface area contributed by atoms with Gasteiger partial charge in [-0.05, 0) is 44.2 Å². The zero-order valence-corrected chi connectivity index (χ0v) is 19.0. The summed E-state index contributed by atoms with van der Waals surface area (Å²) in [6.45, 7) is 4.79. The van der Waals surface area contributed by atoms with Crippen LogP contribution in [-0.2, 0) is 20.3 Å². The van der Waals surface area contributed by atoms with Gasteiger partial charge in [0.2, 0.25) is 0 Å². The van der Waals surface area contributed by atoms with Crippen LogP contribution in [-0.4, -0.2) is 63.9 Å². The van der Waals surface area contributed by atoms with Crippen LogP contribution in [0.4, 0.5) is 15.8 Å². The Hall–Kier alpha value is -3.34. The summed E-state index contributed by atoms with van der Waals surface area (Å²) in [4.78, 5) is 38.9. The zero-order valence-electron chi connectivity index (χ0n) is 18.2. The Labute approximate surface area is 192 Å². The molecule has 1 aliphatic rings. The summed E-state index contributed by atoms with van der Waals surface area (Å²) in [5, 5.41) is 11.6. The number of nitro benzene ring substituents is 1. The Morgan fingerprint density at radius 1 is 1.24 bits per heavy atom. The van der Waals surface area contributed by atoms with Crippen molar-refractivity contribution in [1.82, 2.24) is 4.90 Å². The first kappa shape index (κ1) is 24.3. The van der Waals surface area contributed by atoms with Crippen molar-refractivity contribution in [2.24, 2.45) is 0 Å². The fraction of sp³-hybridized carbons (Fsp3) is 0.364. The molecule has 1 heterocycles. The molecule has 9 nitrogen and oxygen atoms in total. The number of halogens is 1. The molecule has 1 amide bonds. The van der Waals surface area contributed by atoms with E-state index in [4.69, 9.17) is 4.74 Å². The van der Waals surface area contributed by atoms with Crippen LogP contribution in [0.15, 0.2) is 47.4 Å². The van der Waals surface area contributed by atoms with Crippen molar-refractivity contribution in [1.29, 1.82) is 0 Å². The molecule has 11 heteroatoms. The predicted octanol–water partition coefficient (Wildman–Crippen LogP) is 2.76. The van der Waals surface area contributed by atoms with Crippen LogP contribution in [0.2, 0.25) is 0 Å². The van der Waals surface area contributed by atoms with Crippen LogP contribution in [0, 0.1) is 15.9 Å². The van der Waals surface area contributed by atoms with Gasteiger partial charge in [0.15, 0.2) is 0 Å². The standard InChI is InChI=1S/C22H24FN3O6S/c1-3-32-21(27)14-33(31)20-8-7-16(11-19(20)26(29)30)22(28)24-9-10-25(15(2)13-24)18-6-4-5-17(23)12-18/h4-8,11-12,15H,3,9-10,13-14H2,1-2H3. The van der Waals surface area contributed by atoms with Gasteiger partial charge in [0.05, 0.1) is 22.3 Å². The summed E-state index contributed by atoms with van der Waals surface area (Å²) in [6, 6.07) is 9.83. The second-order valence-electron chi connectivity index (χ2n) is 7.51. The maximum absolute atomic E-state index is 13.6. The number of carbonyl (C=O) groups excluding carboxylic acids is 2. The Balaban J connectivity index is 1.76. The molecule has 2 unspecified atom stereocenters. The highest BCUT2D eigenvalue weighted by Crippen LogP contribution is 2.26. The van der Waals surface area contributed by atoms with Crippen molar-refractivity contribution in [3.8, 4) is 0 Å². The van der Waals surface area contributed by atoms with Crippen LogP contribution in [0.3, 0.4) is 0 Å². The topological polar surface area (TPSA) is 110 Å². The van der Waals surface area contributed by atoms with Crippen LogP contribution < -0.4 is 4.90 Å². The molecule has 0 aliphatic carbocycles. The van der Waals surface area contributed by atoms with Crippen LogP contribution in [0.1, 0.15) is 24.2 Å². The number of hydrogen-bond acceptors (Lipinski definition) is 7. The third-order valence-corrected chi connectivity index (χ3v) is 6.59. The van der Waals surface area contributed by atoms with Gasteiger partial charge in [0.1, 0.15) is 16.5 Å². The summed E-state index contributed by atoms with van der Waals surface area (Å²) >= 11 is 0. The van der Waals surface area contributed by atoms with Gasteiger partial charge in [-0.2, -0.15) is 0 Å². The van der Waals surface area contributed by atoms with Crippen LogP contribution in [0.5, 0.6) is 0 Å². The third kappa shape index (κ3) is 5.72. The molecule has 2 aromatic carbocycles. The molecule has 2 aromatic rings. The van der Waals surface area contributed by atoms with E-state index < -0.39 is 39.0 Å². The van der Waals surface area contributed by atoms with Gasteiger partial charge in [0.25, 0.3) is 11.6 Å². The molecule has 0 aromatic heterocycles. The van der Waals surface area contributed by atoms with E-state index in [2.05, 4.69) is 0 Å². The largest absolute Gasteiger partial charge is 0.465 e. The minimum atomic E-state index is -1.99. The smallest absolute Gasteiger partial charge is 0.318 e. The zero-order chi connectivity index (χ0) is 24.1. The number of rotatable bonds is 7. The molecule has 3 rings (SSSR count). The number of carbonyl (C=O) groups is 2. The number of ether oxygens (including phenoxy) is 1. The molecule has 176 valence electrons. The Morgan fingerprint density at radius 2 is 2.00 bits per heavy atom. The lowest BCUT2D eigenvalue weighted by Crippen LogP contribution is -2.53. The lowest BCUT2D eigenvalue weighted by molar-refractivity contribution is -0.387. The molecule has 0 spiro atoms. The maximum Gasteiger partial charge on any atom is 0.318 e. The second-order valence-corrected chi connectivity index (χ2v) is 8.93. The van der Waals surface area contributed by atoms with E-state index in [9.17, 15) is 28.3 Å². The Bertz CT molecular complexity index is 1100. The van der Waals surface area contributed by atoms with Gasteiger partial charge in [-0.15, -0.1) is 0 Å². The number of amides is 1. The van der Waals surface area contributed by atoms with Crippen molar-refractivity contribution in [3.63, 3.8) is 0 Å².